The molecule has 0 N–H and O–H groups in total. The molecular weight excluding hydrogens is 184 g/mol. The molecule has 0 aromatic carbocycles. The third kappa shape index (κ3) is 2.47. The second kappa shape index (κ2) is 3.98. The molecule has 14 heavy (non-hydrogen) atoms. The van der Waals surface area contributed by atoms with Gasteiger partial charge in [-0.05, 0) is 20.3 Å². The van der Waals surface area contributed by atoms with Crippen molar-refractivity contribution >= 4 is 11.9 Å². The van der Waals surface area contributed by atoms with Gasteiger partial charge in [0.15, 0.2) is 0 Å². The molecule has 0 saturated carbocycles. The summed E-state index contributed by atoms with van der Waals surface area (Å²) in [6, 6.07) is 0. The minimum absolute atomic E-state index is 0.294. The van der Waals surface area contributed by atoms with Gasteiger partial charge in [-0.2, -0.15) is 0 Å². The van der Waals surface area contributed by atoms with Crippen LogP contribution in [-0.4, -0.2) is 18.2 Å². The van der Waals surface area contributed by atoms with Gasteiger partial charge in [-0.1, -0.05) is 6.92 Å². The lowest BCUT2D eigenvalue weighted by molar-refractivity contribution is -0.184. The number of esters is 2. The molecule has 0 aliphatic carbocycles. The second-order valence-electron chi connectivity index (χ2n) is 4.10. The Labute approximate surface area is 83.6 Å². The first-order valence-corrected chi connectivity index (χ1v) is 4.86. The van der Waals surface area contributed by atoms with E-state index in [4.69, 9.17) is 9.47 Å². The molecule has 1 unspecified atom stereocenters. The fourth-order valence-electron chi connectivity index (χ4n) is 1.01. The first-order valence-electron chi connectivity index (χ1n) is 4.86. The summed E-state index contributed by atoms with van der Waals surface area (Å²) in [5.41, 5.74) is -0.505. The summed E-state index contributed by atoms with van der Waals surface area (Å²) in [5, 5.41) is 0. The Morgan fingerprint density at radius 1 is 1.64 bits per heavy atom. The number of ether oxygens (including phenoxy) is 2. The fraction of sp³-hybridized carbons (Fsp3) is 0.800. The molecular formula is C10H16O4. The maximum absolute atomic E-state index is 11.5. The Morgan fingerprint density at radius 3 is 2.71 bits per heavy atom. The average Bonchev–Trinajstić information content (AvgIpc) is 2.51. The van der Waals surface area contributed by atoms with E-state index >= 15 is 0 Å². The van der Waals surface area contributed by atoms with Gasteiger partial charge < -0.3 is 9.47 Å². The van der Waals surface area contributed by atoms with Crippen LogP contribution >= 0.6 is 0 Å². The summed E-state index contributed by atoms with van der Waals surface area (Å²) in [7, 11) is 0. The maximum atomic E-state index is 11.5. The summed E-state index contributed by atoms with van der Waals surface area (Å²) in [6.45, 7) is 5.54. The molecule has 1 heterocycles. The van der Waals surface area contributed by atoms with Crippen molar-refractivity contribution in [3.05, 3.63) is 0 Å². The number of hydrogen-bond donors (Lipinski definition) is 0. The highest BCUT2D eigenvalue weighted by molar-refractivity contribution is 5.77. The van der Waals surface area contributed by atoms with Crippen LogP contribution in [0.3, 0.4) is 0 Å². The highest BCUT2D eigenvalue weighted by Crippen LogP contribution is 2.24. The minimum Gasteiger partial charge on any atom is -0.425 e. The van der Waals surface area contributed by atoms with E-state index in [1.807, 2.05) is 20.8 Å². The number of carbonyl (C=O) groups is 2. The molecule has 1 saturated heterocycles. The highest BCUT2D eigenvalue weighted by atomic mass is 16.7. The summed E-state index contributed by atoms with van der Waals surface area (Å²) in [6.07, 6.45) is 0.849. The largest absolute Gasteiger partial charge is 0.425 e. The molecule has 1 atom stereocenters. The van der Waals surface area contributed by atoms with Crippen molar-refractivity contribution in [1.29, 1.82) is 0 Å². The molecule has 1 rings (SSSR count). The van der Waals surface area contributed by atoms with Crippen molar-refractivity contribution in [2.24, 2.45) is 5.41 Å². The van der Waals surface area contributed by atoms with Crippen molar-refractivity contribution in [3.8, 4) is 0 Å². The lowest BCUT2D eigenvalue weighted by Crippen LogP contribution is -2.30. The highest BCUT2D eigenvalue weighted by Gasteiger charge is 2.33. The van der Waals surface area contributed by atoms with Gasteiger partial charge in [0, 0.05) is 6.42 Å². The summed E-state index contributed by atoms with van der Waals surface area (Å²) >= 11 is 0. The Kier molecular flexibility index (Phi) is 3.13. The van der Waals surface area contributed by atoms with E-state index in [1.165, 1.54) is 0 Å². The van der Waals surface area contributed by atoms with Gasteiger partial charge in [0.25, 0.3) is 0 Å². The van der Waals surface area contributed by atoms with Gasteiger partial charge in [0.05, 0.1) is 11.8 Å². The molecule has 1 fully saturated rings. The minimum atomic E-state index is -0.666. The summed E-state index contributed by atoms with van der Waals surface area (Å²) < 4.78 is 9.85. The molecule has 0 radical (unpaired) electrons. The van der Waals surface area contributed by atoms with Crippen molar-refractivity contribution < 1.29 is 19.1 Å². The van der Waals surface area contributed by atoms with Crippen LogP contribution in [0.25, 0.3) is 0 Å². The lowest BCUT2D eigenvalue weighted by atomic mass is 9.91. The fourth-order valence-corrected chi connectivity index (χ4v) is 1.01. The zero-order chi connectivity index (χ0) is 10.8. The van der Waals surface area contributed by atoms with E-state index in [-0.39, 0.29) is 11.9 Å². The molecule has 80 valence electrons. The third-order valence-corrected chi connectivity index (χ3v) is 2.52. The lowest BCUT2D eigenvalue weighted by Gasteiger charge is -2.22. The van der Waals surface area contributed by atoms with E-state index in [0.717, 1.165) is 0 Å². The predicted molar refractivity (Wildman–Crippen MR) is 49.3 cm³/mol. The zero-order valence-corrected chi connectivity index (χ0v) is 8.83. The van der Waals surface area contributed by atoms with Crippen LogP contribution in [0.5, 0.6) is 0 Å². The van der Waals surface area contributed by atoms with Gasteiger partial charge in [-0.3, -0.25) is 9.59 Å². The quantitative estimate of drug-likeness (QED) is 0.650. The molecule has 0 aromatic rings. The van der Waals surface area contributed by atoms with Crippen molar-refractivity contribution in [1.82, 2.24) is 0 Å². The van der Waals surface area contributed by atoms with Gasteiger partial charge in [0.2, 0.25) is 6.29 Å². The number of carbonyl (C=O) groups excluding carboxylic acids is 2. The smallest absolute Gasteiger partial charge is 0.314 e. The van der Waals surface area contributed by atoms with E-state index < -0.39 is 11.7 Å². The Bertz CT molecular complexity index is 245. The van der Waals surface area contributed by atoms with Gasteiger partial charge in [-0.15, -0.1) is 0 Å². The molecule has 4 heteroatoms. The van der Waals surface area contributed by atoms with Gasteiger partial charge in [0.1, 0.15) is 0 Å². The summed E-state index contributed by atoms with van der Waals surface area (Å²) in [4.78, 5) is 22.3. The first-order chi connectivity index (χ1) is 6.45. The monoisotopic (exact) mass is 200 g/mol. The zero-order valence-electron chi connectivity index (χ0n) is 8.83. The molecule has 1 aliphatic rings. The van der Waals surface area contributed by atoms with Crippen LogP contribution in [0.2, 0.25) is 0 Å². The van der Waals surface area contributed by atoms with E-state index in [1.54, 1.807) is 0 Å². The van der Waals surface area contributed by atoms with Gasteiger partial charge in [-0.25, -0.2) is 0 Å². The molecule has 1 aliphatic heterocycles. The number of rotatable bonds is 3. The standard InChI is InChI=1S/C10H16O4/c1-4-10(2,3)9(12)14-8-6-5-7(11)13-8/h8H,4-6H2,1-3H3. The Balaban J connectivity index is 2.45. The maximum Gasteiger partial charge on any atom is 0.314 e. The summed E-state index contributed by atoms with van der Waals surface area (Å²) in [5.74, 6) is -0.600. The molecule has 0 amide bonds. The van der Waals surface area contributed by atoms with Crippen LogP contribution in [0.1, 0.15) is 40.0 Å². The van der Waals surface area contributed by atoms with Gasteiger partial charge >= 0.3 is 11.9 Å². The van der Waals surface area contributed by atoms with Crippen molar-refractivity contribution in [3.63, 3.8) is 0 Å². The van der Waals surface area contributed by atoms with Crippen LogP contribution in [0.4, 0.5) is 0 Å². The molecule has 4 nitrogen and oxygen atoms in total. The van der Waals surface area contributed by atoms with Crippen LogP contribution < -0.4 is 0 Å². The van der Waals surface area contributed by atoms with E-state index in [2.05, 4.69) is 0 Å². The SMILES string of the molecule is CCC(C)(C)C(=O)OC1CCC(=O)O1. The van der Waals surface area contributed by atoms with Crippen molar-refractivity contribution in [2.45, 2.75) is 46.3 Å². The molecule has 0 bridgehead atoms. The normalized spacial score (nSPS) is 21.9. The first kappa shape index (κ1) is 11.0. The number of hydrogen-bond acceptors (Lipinski definition) is 4. The third-order valence-electron chi connectivity index (χ3n) is 2.52. The Morgan fingerprint density at radius 2 is 2.29 bits per heavy atom. The average molecular weight is 200 g/mol. The second-order valence-corrected chi connectivity index (χ2v) is 4.10. The van der Waals surface area contributed by atoms with Crippen LogP contribution in [0.15, 0.2) is 0 Å². The van der Waals surface area contributed by atoms with E-state index in [0.29, 0.717) is 19.3 Å². The molecule has 0 aromatic heterocycles. The topological polar surface area (TPSA) is 52.6 Å². The van der Waals surface area contributed by atoms with Crippen LogP contribution in [0, 0.1) is 5.41 Å². The Hall–Kier alpha value is -1.06. The molecule has 0 spiro atoms. The van der Waals surface area contributed by atoms with Crippen molar-refractivity contribution in [2.75, 3.05) is 0 Å². The van der Waals surface area contributed by atoms with E-state index in [9.17, 15) is 9.59 Å². The van der Waals surface area contributed by atoms with Crippen LogP contribution in [-0.2, 0) is 19.1 Å². The number of cyclic esters (lactones) is 1. The predicted octanol–water partition coefficient (Wildman–Crippen LogP) is 1.63.